The number of hydrazone groups is 1. The molecule has 1 N–H and O–H groups in total. The molecule has 0 aliphatic carbocycles. The fourth-order valence-electron chi connectivity index (χ4n) is 3.74. The number of benzene rings is 1. The maximum absolute atomic E-state index is 12.6. The Labute approximate surface area is 181 Å². The lowest BCUT2D eigenvalue weighted by molar-refractivity contribution is -0.126. The number of rotatable bonds is 6. The molecule has 4 rings (SSSR count). The van der Waals surface area contributed by atoms with Crippen molar-refractivity contribution in [1.29, 1.82) is 0 Å². The summed E-state index contributed by atoms with van der Waals surface area (Å²) in [6, 6.07) is 8.22. The second kappa shape index (κ2) is 9.38. The summed E-state index contributed by atoms with van der Waals surface area (Å²) in [7, 11) is 0. The third kappa shape index (κ3) is 5.35. The highest BCUT2D eigenvalue weighted by Gasteiger charge is 2.26. The van der Waals surface area contributed by atoms with E-state index in [9.17, 15) is 9.59 Å². The van der Waals surface area contributed by atoms with E-state index < -0.39 is 0 Å². The Kier molecular flexibility index (Phi) is 6.41. The van der Waals surface area contributed by atoms with Gasteiger partial charge in [-0.05, 0) is 11.5 Å². The Morgan fingerprint density at radius 1 is 1.13 bits per heavy atom. The van der Waals surface area contributed by atoms with Gasteiger partial charge < -0.3 is 9.42 Å². The lowest BCUT2D eigenvalue weighted by atomic mass is 10.1. The molecule has 0 bridgehead atoms. The second-order valence-electron chi connectivity index (χ2n) is 8.47. The van der Waals surface area contributed by atoms with Crippen LogP contribution in [0.4, 0.5) is 0 Å². The fraction of sp³-hybridized carbons (Fsp3) is 0.500. The van der Waals surface area contributed by atoms with Gasteiger partial charge in [0.15, 0.2) is 0 Å². The highest BCUT2D eigenvalue weighted by Crippen LogP contribution is 2.19. The smallest absolute Gasteiger partial charge is 0.270 e. The van der Waals surface area contributed by atoms with Gasteiger partial charge in [-0.25, -0.2) is 5.43 Å². The summed E-state index contributed by atoms with van der Waals surface area (Å²) in [5.41, 5.74) is 4.99. The first-order valence-electron chi connectivity index (χ1n) is 10.8. The molecule has 164 valence electrons. The van der Waals surface area contributed by atoms with Gasteiger partial charge in [-0.15, -0.1) is 0 Å². The number of hydrogen-bond acceptors (Lipinski definition) is 7. The van der Waals surface area contributed by atoms with E-state index in [0.29, 0.717) is 49.3 Å². The zero-order valence-corrected chi connectivity index (χ0v) is 18.0. The van der Waals surface area contributed by atoms with Gasteiger partial charge in [0.05, 0.1) is 0 Å². The van der Waals surface area contributed by atoms with Crippen LogP contribution in [0, 0.1) is 5.92 Å². The number of nitrogens with zero attached hydrogens (tertiary/aromatic N) is 5. The summed E-state index contributed by atoms with van der Waals surface area (Å²) >= 11 is 0. The quantitative estimate of drug-likeness (QED) is 0.759. The summed E-state index contributed by atoms with van der Waals surface area (Å²) in [6.07, 6.45) is 1.52. The zero-order chi connectivity index (χ0) is 21.8. The number of hydrogen-bond donors (Lipinski definition) is 1. The second-order valence-corrected chi connectivity index (χ2v) is 8.47. The van der Waals surface area contributed by atoms with Gasteiger partial charge in [0.2, 0.25) is 17.6 Å². The minimum atomic E-state index is -0.136. The van der Waals surface area contributed by atoms with Crippen LogP contribution in [0.25, 0.3) is 11.4 Å². The van der Waals surface area contributed by atoms with Gasteiger partial charge in [-0.2, -0.15) is 10.1 Å². The summed E-state index contributed by atoms with van der Waals surface area (Å²) in [6.45, 7) is 7.99. The van der Waals surface area contributed by atoms with E-state index in [0.717, 1.165) is 31.6 Å². The van der Waals surface area contributed by atoms with Crippen molar-refractivity contribution in [3.63, 3.8) is 0 Å². The highest BCUT2D eigenvalue weighted by atomic mass is 16.5. The molecule has 1 fully saturated rings. The van der Waals surface area contributed by atoms with Crippen LogP contribution in [-0.2, 0) is 22.6 Å². The van der Waals surface area contributed by atoms with Gasteiger partial charge in [0, 0.05) is 57.5 Å². The van der Waals surface area contributed by atoms with Crippen molar-refractivity contribution in [2.75, 3.05) is 26.2 Å². The van der Waals surface area contributed by atoms with Gasteiger partial charge in [-0.3, -0.25) is 14.5 Å². The molecule has 3 heterocycles. The SMILES string of the molecule is CC(C)Cc1nc(-c2ccc(CN3CCN(C(=O)C4=NNC(=O)CC4)CC3)cc2)no1. The average molecular weight is 425 g/mol. The molecule has 0 radical (unpaired) electrons. The Bertz CT molecular complexity index is 958. The first-order valence-corrected chi connectivity index (χ1v) is 10.8. The van der Waals surface area contributed by atoms with Crippen molar-refractivity contribution >= 4 is 17.5 Å². The number of nitrogens with one attached hydrogen (secondary N) is 1. The van der Waals surface area contributed by atoms with Crippen molar-refractivity contribution in [2.45, 2.75) is 39.7 Å². The van der Waals surface area contributed by atoms with Gasteiger partial charge in [0.25, 0.3) is 5.91 Å². The molecule has 1 saturated heterocycles. The van der Waals surface area contributed by atoms with Crippen molar-refractivity contribution in [1.82, 2.24) is 25.4 Å². The average Bonchev–Trinajstić information content (AvgIpc) is 3.23. The lowest BCUT2D eigenvalue weighted by Gasteiger charge is -2.35. The lowest BCUT2D eigenvalue weighted by Crippen LogP contribution is -2.51. The third-order valence-electron chi connectivity index (χ3n) is 5.48. The standard InChI is InChI=1S/C22H28N6O3/c1-15(2)13-20-23-21(26-31-20)17-5-3-16(4-6-17)14-27-9-11-28(12-10-27)22(30)18-7-8-19(29)25-24-18/h3-6,15H,7-14H2,1-2H3,(H,25,29). The molecule has 0 atom stereocenters. The van der Waals surface area contributed by atoms with E-state index in [1.165, 1.54) is 5.56 Å². The van der Waals surface area contributed by atoms with Gasteiger partial charge >= 0.3 is 0 Å². The number of amides is 2. The van der Waals surface area contributed by atoms with Crippen molar-refractivity contribution in [2.24, 2.45) is 11.0 Å². The molecule has 0 unspecified atom stereocenters. The van der Waals surface area contributed by atoms with Crippen molar-refractivity contribution < 1.29 is 14.1 Å². The van der Waals surface area contributed by atoms with Crippen LogP contribution in [0.1, 0.15) is 38.1 Å². The number of aromatic nitrogens is 2. The monoisotopic (exact) mass is 424 g/mol. The molecule has 0 spiro atoms. The number of carbonyl (C=O) groups excluding carboxylic acids is 2. The predicted molar refractivity (Wildman–Crippen MR) is 115 cm³/mol. The molecule has 9 heteroatoms. The molecular weight excluding hydrogens is 396 g/mol. The molecule has 31 heavy (non-hydrogen) atoms. The van der Waals surface area contributed by atoms with Crippen molar-refractivity contribution in [3.05, 3.63) is 35.7 Å². The van der Waals surface area contributed by atoms with Crippen LogP contribution in [0.2, 0.25) is 0 Å². The Hall–Kier alpha value is -3.07. The summed E-state index contributed by atoms with van der Waals surface area (Å²) in [5, 5.41) is 8.00. The third-order valence-corrected chi connectivity index (χ3v) is 5.48. The molecule has 2 amide bonds. The van der Waals surface area contributed by atoms with E-state index >= 15 is 0 Å². The molecule has 2 aliphatic rings. The molecule has 1 aromatic heterocycles. The molecule has 1 aromatic carbocycles. The largest absolute Gasteiger partial charge is 0.339 e. The van der Waals surface area contributed by atoms with E-state index in [1.54, 1.807) is 0 Å². The number of carbonyl (C=O) groups is 2. The minimum absolute atomic E-state index is 0.0686. The maximum Gasteiger partial charge on any atom is 0.270 e. The molecular formula is C22H28N6O3. The van der Waals surface area contributed by atoms with Crippen LogP contribution in [0.5, 0.6) is 0 Å². The Balaban J connectivity index is 1.28. The normalized spacial score (nSPS) is 17.6. The predicted octanol–water partition coefficient (Wildman–Crippen LogP) is 1.85. The Morgan fingerprint density at radius 3 is 2.52 bits per heavy atom. The zero-order valence-electron chi connectivity index (χ0n) is 18.0. The first kappa shape index (κ1) is 21.2. The topological polar surface area (TPSA) is 104 Å². The summed E-state index contributed by atoms with van der Waals surface area (Å²) < 4.78 is 5.33. The van der Waals surface area contributed by atoms with Crippen LogP contribution >= 0.6 is 0 Å². The van der Waals surface area contributed by atoms with Crippen LogP contribution in [-0.4, -0.2) is 63.6 Å². The minimum Gasteiger partial charge on any atom is -0.339 e. The molecule has 0 saturated carbocycles. The van der Waals surface area contributed by atoms with E-state index in [-0.39, 0.29) is 11.8 Å². The summed E-state index contributed by atoms with van der Waals surface area (Å²) in [5.74, 6) is 1.56. The van der Waals surface area contributed by atoms with Crippen LogP contribution in [0.15, 0.2) is 33.9 Å². The Morgan fingerprint density at radius 2 is 1.87 bits per heavy atom. The maximum atomic E-state index is 12.6. The number of piperazine rings is 1. The van der Waals surface area contributed by atoms with E-state index in [2.05, 4.69) is 51.5 Å². The van der Waals surface area contributed by atoms with E-state index in [4.69, 9.17) is 4.52 Å². The van der Waals surface area contributed by atoms with Crippen LogP contribution < -0.4 is 5.43 Å². The van der Waals surface area contributed by atoms with Gasteiger partial charge in [0.1, 0.15) is 5.71 Å². The summed E-state index contributed by atoms with van der Waals surface area (Å²) in [4.78, 5) is 32.4. The van der Waals surface area contributed by atoms with E-state index in [1.807, 2.05) is 17.0 Å². The van der Waals surface area contributed by atoms with Crippen LogP contribution in [0.3, 0.4) is 0 Å². The molecule has 2 aliphatic heterocycles. The van der Waals surface area contributed by atoms with Crippen molar-refractivity contribution in [3.8, 4) is 11.4 Å². The van der Waals surface area contributed by atoms with Gasteiger partial charge in [-0.1, -0.05) is 43.3 Å². The highest BCUT2D eigenvalue weighted by molar-refractivity contribution is 6.39. The fourth-order valence-corrected chi connectivity index (χ4v) is 3.74. The first-order chi connectivity index (χ1) is 15.0. The molecule has 2 aromatic rings. The molecule has 9 nitrogen and oxygen atoms in total.